The van der Waals surface area contributed by atoms with Gasteiger partial charge in [0.25, 0.3) is 0 Å². The first-order valence-electron chi connectivity index (χ1n) is 4.31. The molecular weight excluding hydrogens is 178 g/mol. The Bertz CT molecular complexity index is 371. The molecule has 0 aliphatic heterocycles. The van der Waals surface area contributed by atoms with Gasteiger partial charge in [-0.05, 0) is 12.1 Å². The second kappa shape index (κ2) is 5.15. The molecule has 1 aromatic rings. The van der Waals surface area contributed by atoms with Crippen molar-refractivity contribution < 1.29 is 9.90 Å². The molecule has 0 aromatic carbocycles. The molecule has 0 spiro atoms. The zero-order valence-corrected chi connectivity index (χ0v) is 7.95. The van der Waals surface area contributed by atoms with Crippen LogP contribution < -0.4 is 0 Å². The Morgan fingerprint density at radius 1 is 1.57 bits per heavy atom. The Morgan fingerprint density at radius 2 is 2.36 bits per heavy atom. The van der Waals surface area contributed by atoms with Crippen LogP contribution in [0, 0.1) is 11.8 Å². The number of nitrogens with zero attached hydrogens (tertiary/aromatic N) is 1. The molecule has 0 amide bonds. The largest absolute Gasteiger partial charge is 0.395 e. The first-order chi connectivity index (χ1) is 6.74. The molecule has 1 rings (SSSR count). The lowest BCUT2D eigenvalue weighted by atomic mass is 10.2. The predicted octanol–water partition coefficient (Wildman–Crippen LogP) is 1.02. The lowest BCUT2D eigenvalue weighted by molar-refractivity contribution is 0.101. The number of pyridine rings is 1. The maximum atomic E-state index is 10.9. The van der Waals surface area contributed by atoms with Crippen LogP contribution in [-0.4, -0.2) is 22.5 Å². The Balaban J connectivity index is 2.75. The summed E-state index contributed by atoms with van der Waals surface area (Å²) < 4.78 is 0. The van der Waals surface area contributed by atoms with Gasteiger partial charge in [-0.1, -0.05) is 11.8 Å². The van der Waals surface area contributed by atoms with E-state index in [0.717, 1.165) is 5.56 Å². The third kappa shape index (κ3) is 3.00. The monoisotopic (exact) mass is 189 g/mol. The van der Waals surface area contributed by atoms with Gasteiger partial charge in [0, 0.05) is 25.1 Å². The van der Waals surface area contributed by atoms with E-state index in [4.69, 9.17) is 5.11 Å². The normalized spacial score (nSPS) is 9.00. The number of rotatable bonds is 2. The topological polar surface area (TPSA) is 50.2 Å². The molecule has 14 heavy (non-hydrogen) atoms. The van der Waals surface area contributed by atoms with Crippen molar-refractivity contribution in [2.45, 2.75) is 13.3 Å². The van der Waals surface area contributed by atoms with Gasteiger partial charge in [0.2, 0.25) is 0 Å². The molecule has 0 unspecified atom stereocenters. The molecule has 0 bridgehead atoms. The standard InChI is InChI=1S/C11H11NO2/c1-9(14)11-6-5-10(8-12-11)4-2-3-7-13/h5-6,8,13H,3,7H2,1H3. The van der Waals surface area contributed by atoms with Crippen LogP contribution in [0.4, 0.5) is 0 Å². The molecule has 1 heterocycles. The number of aliphatic hydroxyl groups excluding tert-OH is 1. The maximum absolute atomic E-state index is 10.9. The number of aliphatic hydroxyl groups is 1. The van der Waals surface area contributed by atoms with Gasteiger partial charge in [-0.25, -0.2) is 0 Å². The molecule has 1 aromatic heterocycles. The summed E-state index contributed by atoms with van der Waals surface area (Å²) in [5.74, 6) is 5.55. The van der Waals surface area contributed by atoms with Crippen LogP contribution in [0.5, 0.6) is 0 Å². The highest BCUT2D eigenvalue weighted by atomic mass is 16.2. The van der Waals surface area contributed by atoms with Crippen molar-refractivity contribution >= 4 is 5.78 Å². The number of carbonyl (C=O) groups is 1. The highest BCUT2D eigenvalue weighted by Gasteiger charge is 1.98. The van der Waals surface area contributed by atoms with Crippen molar-refractivity contribution in [3.8, 4) is 11.8 Å². The van der Waals surface area contributed by atoms with Crippen molar-refractivity contribution in [2.24, 2.45) is 0 Å². The summed E-state index contributed by atoms with van der Waals surface area (Å²) in [5, 5.41) is 8.50. The van der Waals surface area contributed by atoms with Gasteiger partial charge in [0.05, 0.1) is 6.61 Å². The second-order valence-electron chi connectivity index (χ2n) is 2.76. The summed E-state index contributed by atoms with van der Waals surface area (Å²) in [5.41, 5.74) is 1.20. The van der Waals surface area contributed by atoms with Crippen molar-refractivity contribution in [3.05, 3.63) is 29.6 Å². The average molecular weight is 189 g/mol. The fourth-order valence-electron chi connectivity index (χ4n) is 0.897. The third-order valence-electron chi connectivity index (χ3n) is 1.59. The van der Waals surface area contributed by atoms with Gasteiger partial charge >= 0.3 is 0 Å². The van der Waals surface area contributed by atoms with Crippen LogP contribution in [0.15, 0.2) is 18.3 Å². The summed E-state index contributed by atoms with van der Waals surface area (Å²) in [6.45, 7) is 1.53. The molecule has 72 valence electrons. The minimum atomic E-state index is -0.0557. The van der Waals surface area contributed by atoms with Crippen LogP contribution >= 0.6 is 0 Å². The van der Waals surface area contributed by atoms with Crippen LogP contribution in [0.1, 0.15) is 29.4 Å². The smallest absolute Gasteiger partial charge is 0.178 e. The van der Waals surface area contributed by atoms with Crippen molar-refractivity contribution in [2.75, 3.05) is 6.61 Å². The molecule has 1 N–H and O–H groups in total. The van der Waals surface area contributed by atoms with E-state index in [1.165, 1.54) is 6.92 Å². The van der Waals surface area contributed by atoms with Gasteiger partial charge in [-0.3, -0.25) is 9.78 Å². The Labute approximate surface area is 82.8 Å². The highest BCUT2D eigenvalue weighted by Crippen LogP contribution is 1.99. The molecule has 0 saturated carbocycles. The lowest BCUT2D eigenvalue weighted by Gasteiger charge is -1.93. The second-order valence-corrected chi connectivity index (χ2v) is 2.76. The van der Waals surface area contributed by atoms with Gasteiger partial charge < -0.3 is 5.11 Å². The zero-order valence-electron chi connectivity index (χ0n) is 7.95. The Morgan fingerprint density at radius 3 is 2.86 bits per heavy atom. The first kappa shape index (κ1) is 10.4. The van der Waals surface area contributed by atoms with E-state index < -0.39 is 0 Å². The molecule has 0 aliphatic carbocycles. The van der Waals surface area contributed by atoms with Gasteiger partial charge in [-0.15, -0.1) is 0 Å². The van der Waals surface area contributed by atoms with Crippen LogP contribution in [0.3, 0.4) is 0 Å². The summed E-state index contributed by atoms with van der Waals surface area (Å²) in [7, 11) is 0. The van der Waals surface area contributed by atoms with E-state index in [2.05, 4.69) is 16.8 Å². The molecule has 0 saturated heterocycles. The molecular formula is C11H11NO2. The fourth-order valence-corrected chi connectivity index (χ4v) is 0.897. The summed E-state index contributed by atoms with van der Waals surface area (Å²) in [4.78, 5) is 14.8. The summed E-state index contributed by atoms with van der Waals surface area (Å²) >= 11 is 0. The molecule has 0 aliphatic rings. The van der Waals surface area contributed by atoms with E-state index >= 15 is 0 Å². The van der Waals surface area contributed by atoms with Crippen LogP contribution in [-0.2, 0) is 0 Å². The van der Waals surface area contributed by atoms with Crippen molar-refractivity contribution in [1.82, 2.24) is 4.98 Å². The van der Waals surface area contributed by atoms with E-state index in [9.17, 15) is 4.79 Å². The fraction of sp³-hybridized carbons (Fsp3) is 0.273. The minimum absolute atomic E-state index is 0.0557. The average Bonchev–Trinajstić information content (AvgIpc) is 2.19. The number of carbonyl (C=O) groups excluding carboxylic acids is 1. The number of hydrogen-bond donors (Lipinski definition) is 1. The molecule has 0 atom stereocenters. The minimum Gasteiger partial charge on any atom is -0.395 e. The molecule has 0 fully saturated rings. The van der Waals surface area contributed by atoms with E-state index in [-0.39, 0.29) is 12.4 Å². The maximum Gasteiger partial charge on any atom is 0.178 e. The van der Waals surface area contributed by atoms with Crippen molar-refractivity contribution in [1.29, 1.82) is 0 Å². The number of ketones is 1. The third-order valence-corrected chi connectivity index (χ3v) is 1.59. The van der Waals surface area contributed by atoms with Gasteiger partial charge in [0.15, 0.2) is 5.78 Å². The van der Waals surface area contributed by atoms with E-state index in [0.29, 0.717) is 12.1 Å². The number of aromatic nitrogens is 1. The first-order valence-corrected chi connectivity index (χ1v) is 4.31. The van der Waals surface area contributed by atoms with Gasteiger partial charge in [0.1, 0.15) is 5.69 Å². The molecule has 3 heteroatoms. The molecule has 3 nitrogen and oxygen atoms in total. The van der Waals surface area contributed by atoms with E-state index in [1.807, 2.05) is 0 Å². The number of Topliss-reactive ketones (excluding diaryl/α,β-unsaturated/α-hetero) is 1. The Hall–Kier alpha value is -1.66. The quantitative estimate of drug-likeness (QED) is 0.558. The SMILES string of the molecule is CC(=O)c1ccc(C#CCCO)cn1. The lowest BCUT2D eigenvalue weighted by Crippen LogP contribution is -1.95. The van der Waals surface area contributed by atoms with Crippen molar-refractivity contribution in [3.63, 3.8) is 0 Å². The summed E-state index contributed by atoms with van der Waals surface area (Å²) in [6, 6.07) is 3.39. The highest BCUT2D eigenvalue weighted by molar-refractivity contribution is 5.92. The summed E-state index contributed by atoms with van der Waals surface area (Å²) in [6.07, 6.45) is 2.01. The molecule has 0 radical (unpaired) electrons. The predicted molar refractivity (Wildman–Crippen MR) is 52.8 cm³/mol. The van der Waals surface area contributed by atoms with Crippen LogP contribution in [0.2, 0.25) is 0 Å². The van der Waals surface area contributed by atoms with Gasteiger partial charge in [-0.2, -0.15) is 0 Å². The zero-order chi connectivity index (χ0) is 10.4. The van der Waals surface area contributed by atoms with E-state index in [1.54, 1.807) is 18.3 Å². The Kier molecular flexibility index (Phi) is 3.84. The van der Waals surface area contributed by atoms with Crippen LogP contribution in [0.25, 0.3) is 0 Å². The number of hydrogen-bond acceptors (Lipinski definition) is 3.